The van der Waals surface area contributed by atoms with Gasteiger partial charge in [-0.15, -0.1) is 11.8 Å². The number of pyridine rings is 1. The zero-order valence-electron chi connectivity index (χ0n) is 18.3. The van der Waals surface area contributed by atoms with Crippen LogP contribution in [0.15, 0.2) is 52.5 Å². The molecule has 2 heterocycles. The van der Waals surface area contributed by atoms with Crippen LogP contribution >= 0.6 is 23.4 Å². The lowest BCUT2D eigenvalue weighted by Crippen LogP contribution is -2.37. The van der Waals surface area contributed by atoms with Crippen molar-refractivity contribution < 1.29 is 26.4 Å². The van der Waals surface area contributed by atoms with Crippen molar-refractivity contribution in [3.63, 3.8) is 0 Å². The zero-order chi connectivity index (χ0) is 25.3. The van der Waals surface area contributed by atoms with Crippen LogP contribution < -0.4 is 0 Å². The smallest absolute Gasteiger partial charge is 0.268 e. The maximum absolute atomic E-state index is 13.1. The van der Waals surface area contributed by atoms with Crippen LogP contribution in [0, 0.1) is 6.92 Å². The molecule has 34 heavy (non-hydrogen) atoms. The van der Waals surface area contributed by atoms with Gasteiger partial charge < -0.3 is 0 Å². The lowest BCUT2D eigenvalue weighted by atomic mass is 10.1. The largest absolute Gasteiger partial charge is 0.419 e. The number of nitrogens with zero attached hydrogens (tertiary/aromatic N) is 4. The van der Waals surface area contributed by atoms with Gasteiger partial charge in [-0.2, -0.15) is 18.3 Å². The number of aryl methyl sites for hydroxylation is 2. The minimum Gasteiger partial charge on any atom is -0.268 e. The van der Waals surface area contributed by atoms with Gasteiger partial charge in [0.25, 0.3) is 15.9 Å². The summed E-state index contributed by atoms with van der Waals surface area (Å²) in [5, 5.41) is 3.74. The summed E-state index contributed by atoms with van der Waals surface area (Å²) >= 11 is 7.01. The molecule has 0 bridgehead atoms. The van der Waals surface area contributed by atoms with Crippen LogP contribution in [-0.2, 0) is 29.0 Å². The zero-order valence-corrected chi connectivity index (χ0v) is 20.7. The number of sulfonamides is 1. The number of halogens is 4. The number of benzene rings is 1. The van der Waals surface area contributed by atoms with Crippen LogP contribution in [0.2, 0.25) is 5.15 Å². The molecule has 0 N–H and O–H groups in total. The summed E-state index contributed by atoms with van der Waals surface area (Å²) < 4.78 is 67.6. The van der Waals surface area contributed by atoms with Crippen molar-refractivity contribution in [3.8, 4) is 0 Å². The number of carbonyl (C=O) groups excluding carboxylic acids is 1. The second-order valence-electron chi connectivity index (χ2n) is 7.14. The monoisotopic (exact) mass is 532 g/mol. The molecule has 0 atom stereocenters. The van der Waals surface area contributed by atoms with E-state index < -0.39 is 27.7 Å². The van der Waals surface area contributed by atoms with Gasteiger partial charge in [0.15, 0.2) is 0 Å². The second kappa shape index (κ2) is 9.96. The van der Waals surface area contributed by atoms with E-state index in [0.717, 1.165) is 17.8 Å². The molecule has 2 aromatic heterocycles. The Labute approximate surface area is 204 Å². The molecule has 0 saturated heterocycles. The highest BCUT2D eigenvalue weighted by Crippen LogP contribution is 2.36. The number of carbonyl (C=O) groups is 1. The fourth-order valence-corrected chi connectivity index (χ4v) is 6.28. The fourth-order valence-electron chi connectivity index (χ4n) is 3.20. The Kier molecular flexibility index (Phi) is 7.63. The molecule has 3 rings (SSSR count). The van der Waals surface area contributed by atoms with Gasteiger partial charge in [0.05, 0.1) is 11.3 Å². The summed E-state index contributed by atoms with van der Waals surface area (Å²) in [5.74, 6) is -0.584. The van der Waals surface area contributed by atoms with E-state index >= 15 is 0 Å². The van der Waals surface area contributed by atoms with Gasteiger partial charge in [0.2, 0.25) is 0 Å². The number of hydrogen-bond acceptors (Lipinski definition) is 6. The number of alkyl halides is 3. The van der Waals surface area contributed by atoms with E-state index in [1.54, 1.807) is 12.1 Å². The Morgan fingerprint density at radius 3 is 2.38 bits per heavy atom. The number of aromatic nitrogens is 3. The van der Waals surface area contributed by atoms with Gasteiger partial charge in [-0.3, -0.25) is 9.48 Å². The molecule has 182 valence electrons. The first kappa shape index (κ1) is 26.0. The van der Waals surface area contributed by atoms with E-state index in [4.69, 9.17) is 11.6 Å². The van der Waals surface area contributed by atoms with Gasteiger partial charge in [-0.25, -0.2) is 17.7 Å². The third-order valence-electron chi connectivity index (χ3n) is 4.81. The van der Waals surface area contributed by atoms with Crippen LogP contribution in [0.4, 0.5) is 13.2 Å². The Balaban J connectivity index is 1.80. The predicted octanol–water partition coefficient (Wildman–Crippen LogP) is 4.94. The first-order valence-corrected chi connectivity index (χ1v) is 12.7. The Hall–Kier alpha value is -2.57. The van der Waals surface area contributed by atoms with Crippen molar-refractivity contribution in [2.45, 2.75) is 35.7 Å². The lowest BCUT2D eigenvalue weighted by molar-refractivity contribution is -0.140. The normalized spacial score (nSPS) is 12.1. The second-order valence-corrected chi connectivity index (χ2v) is 10.3. The molecule has 0 spiro atoms. The Morgan fingerprint density at radius 2 is 1.85 bits per heavy atom. The molecule has 0 radical (unpaired) electrons. The molecular formula is C21H20ClF3N4O3S2. The summed E-state index contributed by atoms with van der Waals surface area (Å²) in [6.07, 6.45) is -3.23. The fraction of sp³-hybridized carbons (Fsp3) is 0.286. The van der Waals surface area contributed by atoms with E-state index in [1.807, 2.05) is 0 Å². The number of amides is 1. The third kappa shape index (κ3) is 5.23. The topological polar surface area (TPSA) is 85.2 Å². The number of thioether (sulfide) groups is 1. The summed E-state index contributed by atoms with van der Waals surface area (Å²) in [7, 11) is -2.77. The molecule has 13 heteroatoms. The molecule has 0 unspecified atom stereocenters. The van der Waals surface area contributed by atoms with Gasteiger partial charge in [0.1, 0.15) is 15.1 Å². The maximum atomic E-state index is 13.1. The van der Waals surface area contributed by atoms with Crippen molar-refractivity contribution in [3.05, 3.63) is 70.1 Å². The molecule has 7 nitrogen and oxygen atoms in total. The van der Waals surface area contributed by atoms with Crippen LogP contribution in [-0.4, -0.2) is 39.9 Å². The lowest BCUT2D eigenvalue weighted by Gasteiger charge is -2.21. The molecule has 1 amide bonds. The molecule has 3 aromatic rings. The van der Waals surface area contributed by atoms with Crippen LogP contribution in [0.3, 0.4) is 0 Å². The predicted molar refractivity (Wildman–Crippen MR) is 122 cm³/mol. The van der Waals surface area contributed by atoms with Gasteiger partial charge in [-0.1, -0.05) is 23.7 Å². The molecule has 1 aromatic carbocycles. The van der Waals surface area contributed by atoms with E-state index in [0.29, 0.717) is 9.87 Å². The highest BCUT2D eigenvalue weighted by molar-refractivity contribution is 7.98. The Morgan fingerprint density at radius 1 is 1.21 bits per heavy atom. The number of rotatable bonds is 7. The molecular weight excluding hydrogens is 513 g/mol. The number of hydrogen-bond donors (Lipinski definition) is 0. The standard InChI is InChI=1S/C21H20ClF3N4O3S2/c1-4-29(34(31,32)17-13(2)27-28(3)18(17)22)20(30)15-9-7-14(8-10-15)12-33-19-16(21(23,24)25)6-5-11-26-19/h5-11H,4,12H2,1-3H3. The van der Waals surface area contributed by atoms with Crippen LogP contribution in [0.25, 0.3) is 0 Å². The van der Waals surface area contributed by atoms with Gasteiger partial charge in [-0.05, 0) is 43.7 Å². The molecule has 0 aliphatic heterocycles. The first-order chi connectivity index (χ1) is 15.9. The maximum Gasteiger partial charge on any atom is 0.419 e. The van der Waals surface area contributed by atoms with Crippen molar-refractivity contribution >= 4 is 39.3 Å². The summed E-state index contributed by atoms with van der Waals surface area (Å²) in [4.78, 5) is 16.6. The SMILES string of the molecule is CCN(C(=O)c1ccc(CSc2ncccc2C(F)(F)F)cc1)S(=O)(=O)c1c(C)nn(C)c1Cl. The van der Waals surface area contributed by atoms with E-state index in [9.17, 15) is 26.4 Å². The third-order valence-corrected chi connectivity index (χ3v) is 8.45. The van der Waals surface area contributed by atoms with E-state index in [2.05, 4.69) is 10.1 Å². The highest BCUT2D eigenvalue weighted by Gasteiger charge is 2.35. The molecule has 0 saturated carbocycles. The van der Waals surface area contributed by atoms with Crippen LogP contribution in [0.5, 0.6) is 0 Å². The van der Waals surface area contributed by atoms with Crippen molar-refractivity contribution in [1.82, 2.24) is 19.1 Å². The minimum atomic E-state index is -4.52. The van der Waals surface area contributed by atoms with Crippen LogP contribution in [0.1, 0.15) is 34.1 Å². The minimum absolute atomic E-state index is 0.102. The first-order valence-electron chi connectivity index (χ1n) is 9.88. The molecule has 0 aliphatic rings. The average Bonchev–Trinajstić information content (AvgIpc) is 3.04. The summed E-state index contributed by atoms with van der Waals surface area (Å²) in [5.41, 5.74) is 0.0851. The van der Waals surface area contributed by atoms with Crippen molar-refractivity contribution in [1.29, 1.82) is 0 Å². The van der Waals surface area contributed by atoms with Crippen molar-refractivity contribution in [2.75, 3.05) is 6.54 Å². The Bertz CT molecular complexity index is 1310. The van der Waals surface area contributed by atoms with E-state index in [-0.39, 0.29) is 38.6 Å². The summed E-state index contributed by atoms with van der Waals surface area (Å²) in [6.45, 7) is 2.86. The highest BCUT2D eigenvalue weighted by atomic mass is 35.5. The van der Waals surface area contributed by atoms with E-state index in [1.165, 1.54) is 50.0 Å². The van der Waals surface area contributed by atoms with Gasteiger partial charge in [0, 0.05) is 31.1 Å². The van der Waals surface area contributed by atoms with Crippen molar-refractivity contribution in [2.24, 2.45) is 7.05 Å². The molecule has 0 aliphatic carbocycles. The summed E-state index contributed by atoms with van der Waals surface area (Å²) in [6, 6.07) is 8.15. The molecule has 0 fully saturated rings. The van der Waals surface area contributed by atoms with Gasteiger partial charge >= 0.3 is 6.18 Å². The quantitative estimate of drug-likeness (QED) is 0.401. The average molecular weight is 533 g/mol.